The van der Waals surface area contributed by atoms with Crippen molar-refractivity contribution >= 4 is 21.7 Å². The molecule has 0 heterocycles. The van der Waals surface area contributed by atoms with E-state index in [0.29, 0.717) is 6.42 Å². The Hall–Kier alpha value is -1.61. The van der Waals surface area contributed by atoms with E-state index in [1.54, 1.807) is 0 Å². The zero-order valence-corrected chi connectivity index (χ0v) is 14.9. The van der Waals surface area contributed by atoms with Crippen LogP contribution in [0.1, 0.15) is 40.0 Å². The van der Waals surface area contributed by atoms with Gasteiger partial charge in [-0.3, -0.25) is 4.79 Å². The molecular formula is C19H21BrO2. The van der Waals surface area contributed by atoms with Gasteiger partial charge in [0.15, 0.2) is 5.78 Å². The molecule has 0 aromatic heterocycles. The second kappa shape index (κ2) is 7.59. The highest BCUT2D eigenvalue weighted by Crippen LogP contribution is 2.30. The van der Waals surface area contributed by atoms with E-state index in [2.05, 4.69) is 35.9 Å². The first-order chi connectivity index (χ1) is 10.5. The summed E-state index contributed by atoms with van der Waals surface area (Å²) in [5.74, 6) is 1.73. The molecule has 0 bridgehead atoms. The molecule has 1 aromatic carbocycles. The number of ketones is 1. The fourth-order valence-electron chi connectivity index (χ4n) is 2.34. The summed E-state index contributed by atoms with van der Waals surface area (Å²) >= 11 is 3.40. The molecule has 1 aliphatic carbocycles. The van der Waals surface area contributed by atoms with Crippen LogP contribution in [0.4, 0.5) is 0 Å². The first-order valence-corrected chi connectivity index (χ1v) is 8.25. The maximum absolute atomic E-state index is 11.8. The standard InChI is InChI=1S/C19H21BrO2/c1-13(2)5-4-6-15-12-19(21)18(15)11-14(3)22-17-9-7-16(20)8-10-17/h5,7-11H,4,6,12H2,1-3H3/b14-11-. The lowest BCUT2D eigenvalue weighted by Gasteiger charge is -2.20. The Bertz CT molecular complexity index is 645. The number of carbonyl (C=O) groups excluding carboxylic acids is 1. The molecule has 3 heteroatoms. The van der Waals surface area contributed by atoms with Crippen molar-refractivity contribution in [1.82, 2.24) is 0 Å². The van der Waals surface area contributed by atoms with Crippen LogP contribution in [0.15, 0.2) is 63.4 Å². The third kappa shape index (κ3) is 4.70. The Morgan fingerprint density at radius 1 is 1.23 bits per heavy atom. The summed E-state index contributed by atoms with van der Waals surface area (Å²) in [5, 5.41) is 0. The van der Waals surface area contributed by atoms with Gasteiger partial charge >= 0.3 is 0 Å². The molecule has 22 heavy (non-hydrogen) atoms. The first kappa shape index (κ1) is 16.8. The predicted molar refractivity (Wildman–Crippen MR) is 93.8 cm³/mol. The Balaban J connectivity index is 2.03. The van der Waals surface area contributed by atoms with Crippen LogP contribution >= 0.6 is 15.9 Å². The topological polar surface area (TPSA) is 26.3 Å². The van der Waals surface area contributed by atoms with Crippen LogP contribution in [0, 0.1) is 0 Å². The molecule has 0 N–H and O–H groups in total. The Labute approximate surface area is 140 Å². The zero-order valence-electron chi connectivity index (χ0n) is 13.3. The lowest BCUT2D eigenvalue weighted by Crippen LogP contribution is -2.17. The summed E-state index contributed by atoms with van der Waals surface area (Å²) < 4.78 is 6.77. The highest BCUT2D eigenvalue weighted by Gasteiger charge is 2.24. The van der Waals surface area contributed by atoms with Gasteiger partial charge in [0.1, 0.15) is 11.5 Å². The first-order valence-electron chi connectivity index (χ1n) is 7.46. The molecular weight excluding hydrogens is 340 g/mol. The number of allylic oxidation sites excluding steroid dienone is 6. The largest absolute Gasteiger partial charge is 0.462 e. The molecule has 0 saturated carbocycles. The maximum atomic E-state index is 11.8. The third-order valence-electron chi connectivity index (χ3n) is 3.49. The molecule has 0 atom stereocenters. The van der Waals surface area contributed by atoms with Gasteiger partial charge in [-0.2, -0.15) is 0 Å². The molecule has 0 radical (unpaired) electrons. The van der Waals surface area contributed by atoms with Crippen LogP contribution in [-0.2, 0) is 4.79 Å². The smallest absolute Gasteiger partial charge is 0.167 e. The number of hydrogen-bond donors (Lipinski definition) is 0. The van der Waals surface area contributed by atoms with Crippen LogP contribution in [0.25, 0.3) is 0 Å². The highest BCUT2D eigenvalue weighted by atomic mass is 79.9. The van der Waals surface area contributed by atoms with E-state index < -0.39 is 0 Å². The number of rotatable bonds is 6. The van der Waals surface area contributed by atoms with Crippen molar-refractivity contribution in [1.29, 1.82) is 0 Å². The molecule has 0 amide bonds. The summed E-state index contributed by atoms with van der Waals surface area (Å²) in [6, 6.07) is 7.66. The normalized spacial score (nSPS) is 14.7. The van der Waals surface area contributed by atoms with E-state index in [1.807, 2.05) is 37.3 Å². The van der Waals surface area contributed by atoms with Crippen LogP contribution in [0.3, 0.4) is 0 Å². The van der Waals surface area contributed by atoms with Gasteiger partial charge in [0.05, 0.1) is 0 Å². The SMILES string of the molecule is CC(C)=CCCC1=C(/C=C(/C)Oc2ccc(Br)cc2)C(=O)C1. The summed E-state index contributed by atoms with van der Waals surface area (Å²) in [6.07, 6.45) is 6.62. The molecule has 0 aliphatic heterocycles. The number of carbonyl (C=O) groups is 1. The van der Waals surface area contributed by atoms with Gasteiger partial charge in [-0.25, -0.2) is 0 Å². The highest BCUT2D eigenvalue weighted by molar-refractivity contribution is 9.10. The van der Waals surface area contributed by atoms with Crippen LogP contribution in [0.5, 0.6) is 5.75 Å². The third-order valence-corrected chi connectivity index (χ3v) is 4.02. The van der Waals surface area contributed by atoms with Gasteiger partial charge in [-0.05, 0) is 64.0 Å². The summed E-state index contributed by atoms with van der Waals surface area (Å²) in [7, 11) is 0. The van der Waals surface area contributed by atoms with E-state index in [0.717, 1.165) is 34.4 Å². The van der Waals surface area contributed by atoms with Gasteiger partial charge in [0.2, 0.25) is 0 Å². The van der Waals surface area contributed by atoms with E-state index in [9.17, 15) is 4.79 Å². The van der Waals surface area contributed by atoms with Gasteiger partial charge in [-0.15, -0.1) is 0 Å². The van der Waals surface area contributed by atoms with E-state index in [-0.39, 0.29) is 5.78 Å². The van der Waals surface area contributed by atoms with Gasteiger partial charge in [-0.1, -0.05) is 33.2 Å². The monoisotopic (exact) mass is 360 g/mol. The van der Waals surface area contributed by atoms with Crippen molar-refractivity contribution in [2.24, 2.45) is 0 Å². The van der Waals surface area contributed by atoms with Crippen molar-refractivity contribution in [3.8, 4) is 5.75 Å². The molecule has 0 saturated heterocycles. The van der Waals surface area contributed by atoms with Crippen molar-refractivity contribution in [3.05, 3.63) is 63.4 Å². The Morgan fingerprint density at radius 3 is 2.50 bits per heavy atom. The molecule has 0 unspecified atom stereocenters. The summed E-state index contributed by atoms with van der Waals surface area (Å²) in [6.45, 7) is 6.07. The minimum Gasteiger partial charge on any atom is -0.462 e. The zero-order chi connectivity index (χ0) is 16.1. The molecule has 2 rings (SSSR count). The summed E-state index contributed by atoms with van der Waals surface area (Å²) in [4.78, 5) is 11.8. The number of ether oxygens (including phenoxy) is 1. The average molecular weight is 361 g/mol. The Kier molecular flexibility index (Phi) is 5.78. The van der Waals surface area contributed by atoms with Gasteiger partial charge in [0, 0.05) is 16.5 Å². The molecule has 1 aliphatic rings. The average Bonchev–Trinajstić information content (AvgIpc) is 2.46. The second-order valence-electron chi connectivity index (χ2n) is 5.75. The number of halogens is 1. The lowest BCUT2D eigenvalue weighted by molar-refractivity contribution is -0.116. The van der Waals surface area contributed by atoms with Crippen molar-refractivity contribution in [2.45, 2.75) is 40.0 Å². The minimum absolute atomic E-state index is 0.214. The quantitative estimate of drug-likeness (QED) is 0.477. The van der Waals surface area contributed by atoms with Crippen LogP contribution < -0.4 is 4.74 Å². The number of Topliss-reactive ketones (excluding diaryl/α,β-unsaturated/α-hetero) is 1. The van der Waals surface area contributed by atoms with E-state index >= 15 is 0 Å². The van der Waals surface area contributed by atoms with Crippen LogP contribution in [-0.4, -0.2) is 5.78 Å². The molecule has 0 fully saturated rings. The fraction of sp³-hybridized carbons (Fsp3) is 0.316. The van der Waals surface area contributed by atoms with Crippen molar-refractivity contribution < 1.29 is 9.53 Å². The minimum atomic E-state index is 0.214. The lowest BCUT2D eigenvalue weighted by atomic mass is 9.83. The van der Waals surface area contributed by atoms with E-state index in [4.69, 9.17) is 4.74 Å². The van der Waals surface area contributed by atoms with Gasteiger partial charge in [0.25, 0.3) is 0 Å². The summed E-state index contributed by atoms with van der Waals surface area (Å²) in [5.41, 5.74) is 3.39. The number of benzene rings is 1. The maximum Gasteiger partial charge on any atom is 0.167 e. The van der Waals surface area contributed by atoms with Crippen molar-refractivity contribution in [2.75, 3.05) is 0 Å². The fourth-order valence-corrected chi connectivity index (χ4v) is 2.60. The molecule has 0 spiro atoms. The van der Waals surface area contributed by atoms with Crippen LogP contribution in [0.2, 0.25) is 0 Å². The molecule has 116 valence electrons. The van der Waals surface area contributed by atoms with Crippen molar-refractivity contribution in [3.63, 3.8) is 0 Å². The molecule has 1 aromatic rings. The van der Waals surface area contributed by atoms with Gasteiger partial charge < -0.3 is 4.74 Å². The predicted octanol–water partition coefficient (Wildman–Crippen LogP) is 5.75. The van der Waals surface area contributed by atoms with E-state index in [1.165, 1.54) is 11.1 Å². The Morgan fingerprint density at radius 2 is 1.91 bits per heavy atom. The number of hydrogen-bond acceptors (Lipinski definition) is 2. The second-order valence-corrected chi connectivity index (χ2v) is 6.66. The molecule has 2 nitrogen and oxygen atoms in total.